The smallest absolute Gasteiger partial charge is 0.407 e. The number of hydrazine groups is 1. The first-order valence-electron chi connectivity index (χ1n) is 25.6. The first-order chi connectivity index (χ1) is 34.5. The zero-order valence-corrected chi connectivity index (χ0v) is 47.7. The quantitative estimate of drug-likeness (QED) is 0.0128. The van der Waals surface area contributed by atoms with Gasteiger partial charge in [0.15, 0.2) is 0 Å². The number of carbonyl (C=O) groups excluding carboxylic acids is 2. The lowest BCUT2D eigenvalue weighted by atomic mass is 9.87. The van der Waals surface area contributed by atoms with E-state index in [4.69, 9.17) is 10.5 Å². The summed E-state index contributed by atoms with van der Waals surface area (Å²) in [5.41, 5.74) is 17.0. The Morgan fingerprint density at radius 2 is 1.71 bits per heavy atom. The number of nitrogens with zero attached hydrogens (tertiary/aromatic N) is 4. The van der Waals surface area contributed by atoms with E-state index in [1.54, 1.807) is 25.3 Å². The van der Waals surface area contributed by atoms with Crippen molar-refractivity contribution in [3.63, 3.8) is 0 Å². The minimum Gasteiger partial charge on any atom is -0.513 e. The second kappa shape index (κ2) is 43.8. The summed E-state index contributed by atoms with van der Waals surface area (Å²) in [5.74, 6) is 0.594. The monoisotopic (exact) mass is 1030 g/mol. The number of alkyl carbamates (subject to hydrolysis) is 1. The van der Waals surface area contributed by atoms with Gasteiger partial charge in [-0.05, 0) is 93.5 Å². The molecule has 9 N–H and O–H groups in total. The Morgan fingerprint density at radius 3 is 2.21 bits per heavy atom. The van der Waals surface area contributed by atoms with Gasteiger partial charge in [-0.2, -0.15) is 0 Å². The molecule has 0 aromatic carbocycles. The molecule has 2 fully saturated rings. The van der Waals surface area contributed by atoms with Crippen LogP contribution in [-0.4, -0.2) is 110 Å². The number of amidine groups is 1. The maximum atomic E-state index is 14.8. The summed E-state index contributed by atoms with van der Waals surface area (Å²) in [6.45, 7) is 32.1. The van der Waals surface area contributed by atoms with Crippen LogP contribution in [0, 0.1) is 17.8 Å². The van der Waals surface area contributed by atoms with Gasteiger partial charge in [-0.3, -0.25) is 25.1 Å². The third-order valence-electron chi connectivity index (χ3n) is 10.7. The molecule has 17 heteroatoms. The van der Waals surface area contributed by atoms with Gasteiger partial charge in [0, 0.05) is 38.5 Å². The molecule has 0 aromatic heterocycles. The summed E-state index contributed by atoms with van der Waals surface area (Å²) in [5, 5.41) is 27.2. The predicted molar refractivity (Wildman–Crippen MR) is 305 cm³/mol. The number of carbonyl (C=O) groups is 2. The van der Waals surface area contributed by atoms with Crippen molar-refractivity contribution in [3.05, 3.63) is 107 Å². The van der Waals surface area contributed by atoms with Gasteiger partial charge in [0.2, 0.25) is 0 Å². The SMILES string of the molecule is C=CN=C(NC(=C/O)/C=C(F)\C(C)=C\C=C\C=C(/S)CCC1CC1)C1CCCN1C(O)COC.C=N/C=C(\NN(CCC)C(=O)C(NC(=O)OC)C(C)C)C1=CC(C)C(N)C(C)=C1.CC.CC.CCC.CN. The number of aliphatic hydroxyl groups excluding tert-OH is 2. The van der Waals surface area contributed by atoms with Crippen LogP contribution < -0.4 is 27.5 Å². The Labute approximate surface area is 440 Å². The molecule has 412 valence electrons. The molecule has 1 saturated carbocycles. The van der Waals surface area contributed by atoms with Crippen LogP contribution >= 0.6 is 12.6 Å². The molecule has 72 heavy (non-hydrogen) atoms. The zero-order chi connectivity index (χ0) is 55.8. The third-order valence-corrected chi connectivity index (χ3v) is 11.0. The summed E-state index contributed by atoms with van der Waals surface area (Å²) in [6.07, 6.45) is 23.2. The number of nitrogens with one attached hydrogen (secondary N) is 3. The van der Waals surface area contributed by atoms with Gasteiger partial charge in [0.1, 0.15) is 30.2 Å². The Balaban J connectivity index is -0.00000115. The molecule has 3 rings (SSSR count). The number of amides is 2. The van der Waals surface area contributed by atoms with Gasteiger partial charge in [0.25, 0.3) is 5.91 Å². The Kier molecular flexibility index (Phi) is 43.4. The molecule has 1 heterocycles. The van der Waals surface area contributed by atoms with E-state index in [2.05, 4.69) is 76.3 Å². The second-order valence-electron chi connectivity index (χ2n) is 16.9. The molecule has 2 amide bonds. The standard InChI is InChI=1S/C26H38FN3O3S.C21H35N5O3.C3H8.2C2H6.CH5N/c1-4-28-26(24-10-7-15-30(24)25(32)18-33-3)29-21(17-31)16-23(27)19(2)8-5-6-9-22(34)14-13-20-11-12-20;1-8-9-26(20(27)19(13(2)3)24-21(28)29-7)25-17(12-23-6)16-10-14(4)18(22)15(5)11-16;1-3-2;3*1-2/h4-6,8-9,16-17,20,24-25,31-32,34H,1,7,10-15,18H2,2-3H3,(H,28,29);10-14,18-19,25H,6,8-9,22H2,1-5,7H3,(H,24,28);3H2,1-2H3;2*1-2H3;2H2,1H3/b6-5+,19-8+,21-17+,22-9-,23-16+;17-12-;;;;. The van der Waals surface area contributed by atoms with Crippen LogP contribution in [0.25, 0.3) is 0 Å². The largest absolute Gasteiger partial charge is 0.513 e. The number of rotatable bonds is 22. The first kappa shape index (κ1) is 71.5. The van der Waals surface area contributed by atoms with Crippen LogP contribution in [0.5, 0.6) is 0 Å². The second-order valence-corrected chi connectivity index (χ2v) is 17.5. The molecule has 5 atom stereocenters. The highest BCUT2D eigenvalue weighted by molar-refractivity contribution is 7.84. The summed E-state index contributed by atoms with van der Waals surface area (Å²) in [7, 11) is 4.30. The number of aliphatic imine (C=N–C) groups is 2. The number of hydrogen-bond acceptors (Lipinski definition) is 13. The molecule has 15 nitrogen and oxygen atoms in total. The molecule has 0 spiro atoms. The van der Waals surface area contributed by atoms with Crippen LogP contribution in [0.4, 0.5) is 9.18 Å². The van der Waals surface area contributed by atoms with Gasteiger partial charge < -0.3 is 41.8 Å². The van der Waals surface area contributed by atoms with Gasteiger partial charge in [-0.15, -0.1) is 12.6 Å². The highest BCUT2D eigenvalue weighted by atomic mass is 32.1. The zero-order valence-electron chi connectivity index (χ0n) is 46.8. The lowest BCUT2D eigenvalue weighted by Crippen LogP contribution is -2.55. The van der Waals surface area contributed by atoms with Gasteiger partial charge in [-0.25, -0.2) is 14.2 Å². The highest BCUT2D eigenvalue weighted by Gasteiger charge is 2.34. The van der Waals surface area contributed by atoms with Crippen molar-refractivity contribution in [3.8, 4) is 0 Å². The van der Waals surface area contributed by atoms with E-state index in [1.807, 2.05) is 91.5 Å². The summed E-state index contributed by atoms with van der Waals surface area (Å²) >= 11 is 4.49. The first-order valence-corrected chi connectivity index (χ1v) is 26.1. The topological polar surface area (TPSA) is 212 Å². The van der Waals surface area contributed by atoms with Crippen LogP contribution in [-0.2, 0) is 14.3 Å². The van der Waals surface area contributed by atoms with Crippen molar-refractivity contribution in [2.75, 3.05) is 41.0 Å². The van der Waals surface area contributed by atoms with Gasteiger partial charge in [-0.1, -0.05) is 137 Å². The minimum absolute atomic E-state index is 0.0420. The Bertz CT molecular complexity index is 1840. The number of allylic oxidation sites excluding steroid dienone is 9. The molecular formula is C55H98FN9O6S. The molecule has 5 unspecified atom stereocenters. The van der Waals surface area contributed by atoms with E-state index in [0.717, 1.165) is 53.9 Å². The van der Waals surface area contributed by atoms with Crippen molar-refractivity contribution >= 4 is 37.2 Å². The summed E-state index contributed by atoms with van der Waals surface area (Å²) in [6, 6.07) is -1.01. The van der Waals surface area contributed by atoms with Crippen molar-refractivity contribution in [2.24, 2.45) is 39.2 Å². The van der Waals surface area contributed by atoms with E-state index < -0.39 is 24.2 Å². The molecule has 1 aliphatic heterocycles. The van der Waals surface area contributed by atoms with E-state index in [0.29, 0.717) is 30.2 Å². The molecule has 0 aromatic rings. The Hall–Kier alpha value is -4.78. The average molecular weight is 1030 g/mol. The maximum absolute atomic E-state index is 14.8. The van der Waals surface area contributed by atoms with Crippen LogP contribution in [0.15, 0.2) is 117 Å². The number of likely N-dealkylation sites (tertiary alicyclic amines) is 1. The lowest BCUT2D eigenvalue weighted by Gasteiger charge is -2.32. The van der Waals surface area contributed by atoms with Crippen LogP contribution in [0.1, 0.15) is 134 Å². The molecule has 1 saturated heterocycles. The summed E-state index contributed by atoms with van der Waals surface area (Å²) < 4.78 is 24.5. The van der Waals surface area contributed by atoms with Gasteiger partial charge >= 0.3 is 6.09 Å². The average Bonchev–Trinajstić information content (AvgIpc) is 4.08. The number of aliphatic hydroxyl groups is 2. The van der Waals surface area contributed by atoms with E-state index in [-0.39, 0.29) is 42.1 Å². The van der Waals surface area contributed by atoms with Crippen LogP contribution in [0.2, 0.25) is 0 Å². The fourth-order valence-corrected chi connectivity index (χ4v) is 7.07. The number of nitrogens with two attached hydrogens (primary N) is 2. The van der Waals surface area contributed by atoms with E-state index in [1.165, 1.54) is 64.2 Å². The number of hydrogen-bond donors (Lipinski definition) is 8. The molecule has 0 radical (unpaired) electrons. The number of ether oxygens (including phenoxy) is 2. The number of thiol groups is 1. The molecule has 2 aliphatic carbocycles. The third kappa shape index (κ3) is 29.1. The molecule has 3 aliphatic rings. The summed E-state index contributed by atoms with van der Waals surface area (Å²) in [4.78, 5) is 35.9. The number of halogens is 1. The maximum Gasteiger partial charge on any atom is 0.407 e. The van der Waals surface area contributed by atoms with E-state index in [9.17, 15) is 24.2 Å². The molecule has 0 bridgehead atoms. The van der Waals surface area contributed by atoms with Crippen molar-refractivity contribution in [2.45, 2.75) is 159 Å². The van der Waals surface area contributed by atoms with Gasteiger partial charge in [0.05, 0.1) is 37.4 Å². The van der Waals surface area contributed by atoms with Crippen molar-refractivity contribution < 1.29 is 33.7 Å². The fraction of sp³-hybridized carbons (Fsp3) is 0.600. The minimum atomic E-state index is -0.791. The van der Waals surface area contributed by atoms with E-state index >= 15 is 0 Å². The predicted octanol–water partition coefficient (Wildman–Crippen LogP) is 10.9. The fourth-order valence-electron chi connectivity index (χ4n) is 6.85. The number of methoxy groups -OCH3 is 2. The lowest BCUT2D eigenvalue weighted by molar-refractivity contribution is -0.137. The highest BCUT2D eigenvalue weighted by Crippen LogP contribution is 2.35. The van der Waals surface area contributed by atoms with Crippen molar-refractivity contribution in [1.82, 2.24) is 26.0 Å². The normalized spacial score (nSPS) is 19.3. The Morgan fingerprint density at radius 1 is 1.10 bits per heavy atom. The molecular weight excluding hydrogens is 934 g/mol. The van der Waals surface area contributed by atoms with Crippen molar-refractivity contribution in [1.29, 1.82) is 0 Å². The van der Waals surface area contributed by atoms with Crippen LogP contribution in [0.3, 0.4) is 0 Å².